The molecule has 0 fully saturated rings. The Morgan fingerprint density at radius 1 is 1.26 bits per heavy atom. The second kappa shape index (κ2) is 6.48. The molecule has 1 atom stereocenters. The van der Waals surface area contributed by atoms with Gasteiger partial charge in [-0.2, -0.15) is 4.68 Å². The minimum Gasteiger partial charge on any atom is -0.464 e. The first-order valence-corrected chi connectivity index (χ1v) is 7.81. The van der Waals surface area contributed by atoms with Crippen LogP contribution in [0.5, 0.6) is 0 Å². The third-order valence-corrected chi connectivity index (χ3v) is 4.10. The van der Waals surface area contributed by atoms with Gasteiger partial charge in [0, 0.05) is 5.56 Å². The smallest absolute Gasteiger partial charge is 0.355 e. The standard InChI is InChI=1S/C17H12FN5O4/c1-26-16(25)13-12(15(24)11-7-4-8-27-11)14(9-5-2-3-6-10(9)18)23-17(19-13)20-21-22-23/h2-8,14H,1H3,(H,19,20,22)/t14-/m0/s1. The Morgan fingerprint density at radius 2 is 2.07 bits per heavy atom. The summed E-state index contributed by atoms with van der Waals surface area (Å²) in [5, 5.41) is 13.9. The SMILES string of the molecule is COC(=O)C1=C(C(=O)c2ccco2)[C@H](c2ccccc2F)n2nnnc2N1. The van der Waals surface area contributed by atoms with Crippen LogP contribution < -0.4 is 5.32 Å². The summed E-state index contributed by atoms with van der Waals surface area (Å²) in [6.45, 7) is 0. The van der Waals surface area contributed by atoms with E-state index >= 15 is 0 Å². The highest BCUT2D eigenvalue weighted by atomic mass is 19.1. The monoisotopic (exact) mass is 369 g/mol. The van der Waals surface area contributed by atoms with Crippen molar-refractivity contribution in [3.63, 3.8) is 0 Å². The van der Waals surface area contributed by atoms with E-state index in [2.05, 4.69) is 20.8 Å². The lowest BCUT2D eigenvalue weighted by Crippen LogP contribution is -2.33. The molecule has 0 saturated heterocycles. The second-order valence-electron chi connectivity index (χ2n) is 5.58. The molecule has 2 aromatic heterocycles. The minimum atomic E-state index is -1.09. The van der Waals surface area contributed by atoms with Gasteiger partial charge in [-0.1, -0.05) is 23.3 Å². The molecule has 0 aliphatic carbocycles. The van der Waals surface area contributed by atoms with Crippen molar-refractivity contribution in [1.82, 2.24) is 20.2 Å². The molecule has 0 radical (unpaired) electrons. The molecular formula is C17H12FN5O4. The average molecular weight is 369 g/mol. The van der Waals surface area contributed by atoms with Crippen LogP contribution in [-0.4, -0.2) is 39.1 Å². The van der Waals surface area contributed by atoms with Crippen molar-refractivity contribution in [2.24, 2.45) is 0 Å². The number of Topliss-reactive ketones (excluding diaryl/α,β-unsaturated/α-hetero) is 1. The highest BCUT2D eigenvalue weighted by Crippen LogP contribution is 2.37. The molecule has 10 heteroatoms. The summed E-state index contributed by atoms with van der Waals surface area (Å²) in [7, 11) is 1.17. The first-order valence-electron chi connectivity index (χ1n) is 7.81. The van der Waals surface area contributed by atoms with Gasteiger partial charge in [0.05, 0.1) is 18.9 Å². The van der Waals surface area contributed by atoms with E-state index < -0.39 is 23.6 Å². The van der Waals surface area contributed by atoms with Gasteiger partial charge in [-0.15, -0.1) is 0 Å². The highest BCUT2D eigenvalue weighted by Gasteiger charge is 2.40. The number of ether oxygens (including phenoxy) is 1. The summed E-state index contributed by atoms with van der Waals surface area (Å²) in [5.41, 5.74) is -0.167. The summed E-state index contributed by atoms with van der Waals surface area (Å²) < 4.78 is 25.8. The summed E-state index contributed by atoms with van der Waals surface area (Å²) in [6.07, 6.45) is 1.32. The van der Waals surface area contributed by atoms with Crippen LogP contribution in [0.2, 0.25) is 0 Å². The molecule has 3 heterocycles. The fraction of sp³-hybridized carbons (Fsp3) is 0.118. The fourth-order valence-corrected chi connectivity index (χ4v) is 2.91. The lowest BCUT2D eigenvalue weighted by molar-refractivity contribution is -0.136. The maximum Gasteiger partial charge on any atom is 0.355 e. The molecule has 3 aromatic rings. The fourth-order valence-electron chi connectivity index (χ4n) is 2.91. The Bertz CT molecular complexity index is 1060. The number of esters is 1. The number of rotatable bonds is 4. The Labute approximate surface area is 151 Å². The van der Waals surface area contributed by atoms with E-state index in [0.717, 1.165) is 0 Å². The van der Waals surface area contributed by atoms with Crippen molar-refractivity contribution in [3.05, 3.63) is 71.1 Å². The number of methoxy groups -OCH3 is 1. The van der Waals surface area contributed by atoms with Crippen LogP contribution in [0.4, 0.5) is 10.3 Å². The molecule has 1 N–H and O–H groups in total. The van der Waals surface area contributed by atoms with Crippen molar-refractivity contribution in [2.45, 2.75) is 6.04 Å². The Kier molecular flexibility index (Phi) is 3.99. The maximum atomic E-state index is 14.6. The summed E-state index contributed by atoms with van der Waals surface area (Å²) in [5.74, 6) is -1.98. The van der Waals surface area contributed by atoms with Crippen LogP contribution in [0.1, 0.15) is 22.2 Å². The predicted molar refractivity (Wildman–Crippen MR) is 88.1 cm³/mol. The summed E-state index contributed by atoms with van der Waals surface area (Å²) in [6, 6.07) is 7.73. The molecular weight excluding hydrogens is 357 g/mol. The molecule has 1 aromatic carbocycles. The number of hydrogen-bond acceptors (Lipinski definition) is 8. The van der Waals surface area contributed by atoms with E-state index in [4.69, 9.17) is 9.15 Å². The summed E-state index contributed by atoms with van der Waals surface area (Å²) >= 11 is 0. The minimum absolute atomic E-state index is 0.0222. The number of carbonyl (C=O) groups is 2. The third-order valence-electron chi connectivity index (χ3n) is 4.10. The largest absolute Gasteiger partial charge is 0.464 e. The Hall–Kier alpha value is -3.82. The first kappa shape index (κ1) is 16.6. The van der Waals surface area contributed by atoms with Gasteiger partial charge in [-0.25, -0.2) is 9.18 Å². The van der Waals surface area contributed by atoms with Crippen LogP contribution in [0.25, 0.3) is 0 Å². The van der Waals surface area contributed by atoms with E-state index in [-0.39, 0.29) is 28.5 Å². The molecule has 9 nitrogen and oxygen atoms in total. The number of nitrogens with one attached hydrogen (secondary N) is 1. The van der Waals surface area contributed by atoms with Crippen molar-refractivity contribution >= 4 is 17.7 Å². The van der Waals surface area contributed by atoms with Gasteiger partial charge < -0.3 is 14.5 Å². The lowest BCUT2D eigenvalue weighted by atomic mass is 9.91. The molecule has 0 unspecified atom stereocenters. The second-order valence-corrected chi connectivity index (χ2v) is 5.58. The quantitative estimate of drug-likeness (QED) is 0.547. The lowest BCUT2D eigenvalue weighted by Gasteiger charge is -2.27. The van der Waals surface area contributed by atoms with Crippen LogP contribution in [0, 0.1) is 5.82 Å². The third kappa shape index (κ3) is 2.67. The number of ketones is 1. The normalized spacial score (nSPS) is 15.9. The number of hydrogen-bond donors (Lipinski definition) is 1. The van der Waals surface area contributed by atoms with Crippen molar-refractivity contribution < 1.29 is 23.1 Å². The Morgan fingerprint density at radius 3 is 2.78 bits per heavy atom. The maximum absolute atomic E-state index is 14.6. The van der Waals surface area contributed by atoms with E-state index in [1.807, 2.05) is 0 Å². The van der Waals surface area contributed by atoms with Crippen molar-refractivity contribution in [2.75, 3.05) is 12.4 Å². The number of fused-ring (bicyclic) bond motifs is 1. The number of furan rings is 1. The molecule has 4 rings (SSSR count). The average Bonchev–Trinajstić information content (AvgIpc) is 3.37. The van der Waals surface area contributed by atoms with Gasteiger partial charge in [-0.3, -0.25) is 4.79 Å². The Balaban J connectivity index is 1.99. The van der Waals surface area contributed by atoms with Gasteiger partial charge in [0.15, 0.2) is 5.76 Å². The van der Waals surface area contributed by atoms with Gasteiger partial charge in [0.25, 0.3) is 0 Å². The van der Waals surface area contributed by atoms with Crippen LogP contribution in [0.15, 0.2) is 58.3 Å². The molecule has 1 aliphatic heterocycles. The molecule has 1 aliphatic rings. The van der Waals surface area contributed by atoms with E-state index in [9.17, 15) is 14.0 Å². The number of benzene rings is 1. The zero-order valence-electron chi connectivity index (χ0n) is 13.9. The number of allylic oxidation sites excluding steroid dienone is 1. The number of carbonyl (C=O) groups excluding carboxylic acids is 2. The van der Waals surface area contributed by atoms with Crippen molar-refractivity contribution in [3.8, 4) is 0 Å². The van der Waals surface area contributed by atoms with Crippen LogP contribution in [-0.2, 0) is 9.53 Å². The van der Waals surface area contributed by atoms with Gasteiger partial charge in [-0.05, 0) is 28.6 Å². The zero-order chi connectivity index (χ0) is 19.0. The molecule has 0 spiro atoms. The van der Waals surface area contributed by atoms with E-state index in [0.29, 0.717) is 0 Å². The number of halogens is 1. The number of anilines is 1. The number of nitrogens with zero attached hydrogens (tertiary/aromatic N) is 4. The van der Waals surface area contributed by atoms with Gasteiger partial charge in [0.1, 0.15) is 17.6 Å². The highest BCUT2D eigenvalue weighted by molar-refractivity contribution is 6.13. The van der Waals surface area contributed by atoms with Gasteiger partial charge in [0.2, 0.25) is 11.7 Å². The topological polar surface area (TPSA) is 112 Å². The van der Waals surface area contributed by atoms with Crippen LogP contribution in [0.3, 0.4) is 0 Å². The molecule has 27 heavy (non-hydrogen) atoms. The zero-order valence-corrected chi connectivity index (χ0v) is 13.9. The number of aromatic nitrogens is 4. The molecule has 0 amide bonds. The van der Waals surface area contributed by atoms with Crippen LogP contribution >= 0.6 is 0 Å². The summed E-state index contributed by atoms with van der Waals surface area (Å²) in [4.78, 5) is 25.5. The van der Waals surface area contributed by atoms with Gasteiger partial charge >= 0.3 is 5.97 Å². The molecule has 0 bridgehead atoms. The molecule has 0 saturated carbocycles. The van der Waals surface area contributed by atoms with Crippen molar-refractivity contribution in [1.29, 1.82) is 0 Å². The molecule has 136 valence electrons. The number of tetrazole rings is 1. The first-order chi connectivity index (χ1) is 13.1. The van der Waals surface area contributed by atoms with E-state index in [1.165, 1.54) is 48.4 Å². The van der Waals surface area contributed by atoms with E-state index in [1.54, 1.807) is 6.07 Å². The predicted octanol–water partition coefficient (Wildman–Crippen LogP) is 1.73.